The van der Waals surface area contributed by atoms with Crippen molar-refractivity contribution in [1.82, 2.24) is 4.98 Å². The second-order valence-electron chi connectivity index (χ2n) is 8.11. The Hall–Kier alpha value is -2.38. The number of nitrogens with zero attached hydrogens (tertiary/aromatic N) is 2. The summed E-state index contributed by atoms with van der Waals surface area (Å²) < 4.78 is 11.1. The van der Waals surface area contributed by atoms with Crippen molar-refractivity contribution in [1.29, 1.82) is 5.26 Å². The topological polar surface area (TPSA) is 55.1 Å². The van der Waals surface area contributed by atoms with Crippen LogP contribution in [0.5, 0.6) is 5.75 Å². The Morgan fingerprint density at radius 1 is 1.11 bits per heavy atom. The summed E-state index contributed by atoms with van der Waals surface area (Å²) in [5.41, 5.74) is 6.14. The first kappa shape index (κ1) is 19.0. The van der Waals surface area contributed by atoms with Crippen LogP contribution in [0.4, 0.5) is 0 Å². The molecule has 28 heavy (non-hydrogen) atoms. The first-order valence-corrected chi connectivity index (χ1v) is 10.3. The molecule has 0 saturated heterocycles. The maximum Gasteiger partial charge on any atom is 0.119 e. The van der Waals surface area contributed by atoms with Gasteiger partial charge in [0.25, 0.3) is 0 Å². The lowest BCUT2D eigenvalue weighted by atomic mass is 9.77. The third-order valence-electron chi connectivity index (χ3n) is 6.43. The first-order chi connectivity index (χ1) is 13.7. The Bertz CT molecular complexity index is 908. The van der Waals surface area contributed by atoms with Gasteiger partial charge in [-0.2, -0.15) is 5.26 Å². The van der Waals surface area contributed by atoms with Crippen LogP contribution in [-0.4, -0.2) is 25.8 Å². The monoisotopic (exact) mass is 376 g/mol. The number of aryl methyl sites for hydroxylation is 1. The normalized spacial score (nSPS) is 17.8. The average molecular weight is 377 g/mol. The van der Waals surface area contributed by atoms with Crippen molar-refractivity contribution in [3.8, 4) is 22.9 Å². The van der Waals surface area contributed by atoms with E-state index in [0.717, 1.165) is 60.2 Å². The molecule has 0 atom stereocenters. The van der Waals surface area contributed by atoms with Crippen LogP contribution in [0.2, 0.25) is 0 Å². The molecule has 0 aliphatic heterocycles. The number of hydrogen-bond donors (Lipinski definition) is 0. The zero-order valence-electron chi connectivity index (χ0n) is 16.9. The van der Waals surface area contributed by atoms with E-state index in [1.807, 2.05) is 18.2 Å². The van der Waals surface area contributed by atoms with Gasteiger partial charge in [-0.3, -0.25) is 4.98 Å². The Balaban J connectivity index is 2.00. The van der Waals surface area contributed by atoms with Gasteiger partial charge < -0.3 is 9.47 Å². The van der Waals surface area contributed by atoms with Crippen LogP contribution in [0, 0.1) is 11.3 Å². The van der Waals surface area contributed by atoms with Crippen LogP contribution in [-0.2, 0) is 23.0 Å². The number of nitriles is 1. The van der Waals surface area contributed by atoms with Crippen LogP contribution in [0.1, 0.15) is 61.0 Å². The fourth-order valence-electron chi connectivity index (χ4n) is 5.11. The van der Waals surface area contributed by atoms with Crippen molar-refractivity contribution in [3.63, 3.8) is 0 Å². The fraction of sp³-hybridized carbons (Fsp3) is 0.500. The zero-order valence-corrected chi connectivity index (χ0v) is 16.9. The van der Waals surface area contributed by atoms with Gasteiger partial charge in [-0.05, 0) is 61.8 Å². The molecule has 146 valence electrons. The van der Waals surface area contributed by atoms with Crippen LogP contribution in [0.3, 0.4) is 0 Å². The van der Waals surface area contributed by atoms with Crippen molar-refractivity contribution in [3.05, 3.63) is 46.8 Å². The molecule has 4 nitrogen and oxygen atoms in total. The van der Waals surface area contributed by atoms with Gasteiger partial charge in [-0.15, -0.1) is 0 Å². The maximum absolute atomic E-state index is 10.3. The van der Waals surface area contributed by atoms with E-state index in [0.29, 0.717) is 6.61 Å². The van der Waals surface area contributed by atoms with E-state index in [1.165, 1.54) is 30.5 Å². The van der Waals surface area contributed by atoms with E-state index in [1.54, 1.807) is 14.2 Å². The molecule has 0 bridgehead atoms. The first-order valence-electron chi connectivity index (χ1n) is 10.3. The second kappa shape index (κ2) is 7.93. The van der Waals surface area contributed by atoms with Gasteiger partial charge in [0.1, 0.15) is 11.8 Å². The number of ether oxygens (including phenoxy) is 2. The molecule has 1 saturated carbocycles. The third kappa shape index (κ3) is 3.18. The molecular weight excluding hydrogens is 348 g/mol. The summed E-state index contributed by atoms with van der Waals surface area (Å²) in [5.74, 6) is 0.816. The van der Waals surface area contributed by atoms with Gasteiger partial charge in [0.15, 0.2) is 0 Å². The molecule has 1 aromatic carbocycles. The number of fused-ring (bicyclic) bond motifs is 1. The smallest absolute Gasteiger partial charge is 0.119 e. The summed E-state index contributed by atoms with van der Waals surface area (Å²) in [4.78, 5) is 5.15. The Labute approximate surface area is 167 Å². The lowest BCUT2D eigenvalue weighted by molar-refractivity contribution is 0.129. The Morgan fingerprint density at radius 2 is 1.89 bits per heavy atom. The molecule has 0 spiro atoms. The van der Waals surface area contributed by atoms with Crippen molar-refractivity contribution < 1.29 is 9.47 Å². The summed E-state index contributed by atoms with van der Waals surface area (Å²) in [6.07, 6.45) is 8.72. The SMILES string of the molecule is COCC1(c2nc3c(c(-c4cccc(OC)c4)c2C#N)CCCC3)CCCC1. The van der Waals surface area contributed by atoms with Crippen LogP contribution in [0.25, 0.3) is 11.1 Å². The zero-order chi connectivity index (χ0) is 19.6. The number of hydrogen-bond acceptors (Lipinski definition) is 4. The molecule has 2 aliphatic rings. The molecule has 2 aliphatic carbocycles. The van der Waals surface area contributed by atoms with Crippen molar-refractivity contribution in [2.24, 2.45) is 0 Å². The highest BCUT2D eigenvalue weighted by molar-refractivity contribution is 5.77. The number of aromatic nitrogens is 1. The minimum absolute atomic E-state index is 0.139. The fourth-order valence-corrected chi connectivity index (χ4v) is 5.11. The van der Waals surface area contributed by atoms with Gasteiger partial charge in [-0.1, -0.05) is 25.0 Å². The van der Waals surface area contributed by atoms with E-state index in [4.69, 9.17) is 14.5 Å². The third-order valence-corrected chi connectivity index (χ3v) is 6.43. The summed E-state index contributed by atoms with van der Waals surface area (Å²) in [6.45, 7) is 0.630. The standard InChI is InChI=1S/C24H28N2O2/c1-27-16-24(12-5-6-13-24)23-20(15-25)22(17-8-7-9-18(14-17)28-2)19-10-3-4-11-21(19)26-23/h7-9,14H,3-6,10-13,16H2,1-2H3. The Morgan fingerprint density at radius 3 is 2.61 bits per heavy atom. The van der Waals surface area contributed by atoms with Crippen molar-refractivity contribution in [2.75, 3.05) is 20.8 Å². The predicted octanol–water partition coefficient (Wildman–Crippen LogP) is 4.97. The molecule has 4 heteroatoms. The molecule has 2 aromatic rings. The van der Waals surface area contributed by atoms with Gasteiger partial charge in [-0.25, -0.2) is 0 Å². The van der Waals surface area contributed by atoms with E-state index < -0.39 is 0 Å². The van der Waals surface area contributed by atoms with Crippen molar-refractivity contribution >= 4 is 0 Å². The predicted molar refractivity (Wildman–Crippen MR) is 110 cm³/mol. The lowest BCUT2D eigenvalue weighted by Gasteiger charge is -2.32. The summed E-state index contributed by atoms with van der Waals surface area (Å²) >= 11 is 0. The average Bonchev–Trinajstić information content (AvgIpc) is 3.22. The van der Waals surface area contributed by atoms with E-state index in [9.17, 15) is 5.26 Å². The number of rotatable bonds is 5. The van der Waals surface area contributed by atoms with E-state index in [-0.39, 0.29) is 5.41 Å². The number of pyridine rings is 1. The van der Waals surface area contributed by atoms with Gasteiger partial charge in [0, 0.05) is 23.8 Å². The number of methoxy groups -OCH3 is 2. The van der Waals surface area contributed by atoms with Crippen LogP contribution >= 0.6 is 0 Å². The molecular formula is C24H28N2O2. The minimum atomic E-state index is -0.139. The highest BCUT2D eigenvalue weighted by Gasteiger charge is 2.41. The largest absolute Gasteiger partial charge is 0.497 e. The highest BCUT2D eigenvalue weighted by atomic mass is 16.5. The maximum atomic E-state index is 10.3. The molecule has 0 amide bonds. The molecule has 0 unspecified atom stereocenters. The minimum Gasteiger partial charge on any atom is -0.497 e. The molecule has 0 N–H and O–H groups in total. The summed E-state index contributed by atoms with van der Waals surface area (Å²) in [7, 11) is 3.44. The quantitative estimate of drug-likeness (QED) is 0.740. The molecule has 1 aromatic heterocycles. The van der Waals surface area contributed by atoms with E-state index in [2.05, 4.69) is 12.1 Å². The molecule has 1 heterocycles. The summed E-state index contributed by atoms with van der Waals surface area (Å²) in [6, 6.07) is 10.6. The molecule has 1 fully saturated rings. The highest BCUT2D eigenvalue weighted by Crippen LogP contribution is 2.46. The van der Waals surface area contributed by atoms with Crippen molar-refractivity contribution in [2.45, 2.75) is 56.8 Å². The second-order valence-corrected chi connectivity index (χ2v) is 8.11. The van der Waals surface area contributed by atoms with Gasteiger partial charge in [0.05, 0.1) is 25.0 Å². The van der Waals surface area contributed by atoms with Gasteiger partial charge in [0.2, 0.25) is 0 Å². The molecule has 4 rings (SSSR count). The summed E-state index contributed by atoms with van der Waals surface area (Å²) in [5, 5.41) is 10.3. The molecule has 0 radical (unpaired) electrons. The van der Waals surface area contributed by atoms with Crippen LogP contribution < -0.4 is 4.74 Å². The lowest BCUT2D eigenvalue weighted by Crippen LogP contribution is -2.32. The number of benzene rings is 1. The van der Waals surface area contributed by atoms with Crippen LogP contribution in [0.15, 0.2) is 24.3 Å². The Kier molecular flexibility index (Phi) is 5.37. The van der Waals surface area contributed by atoms with E-state index >= 15 is 0 Å². The van der Waals surface area contributed by atoms with Gasteiger partial charge >= 0.3 is 0 Å².